The van der Waals surface area contributed by atoms with Gasteiger partial charge in [0.25, 0.3) is 0 Å². The molecule has 0 bridgehead atoms. The first-order chi connectivity index (χ1) is 14.4. The van der Waals surface area contributed by atoms with Crippen molar-refractivity contribution < 1.29 is 19.0 Å². The minimum Gasteiger partial charge on any atom is -0.504 e. The highest BCUT2D eigenvalue weighted by atomic mass is 16.5. The molecule has 30 heavy (non-hydrogen) atoms. The topological polar surface area (TPSA) is 68.9 Å². The molecule has 0 saturated carbocycles. The molecule has 0 fully saturated rings. The van der Waals surface area contributed by atoms with E-state index in [4.69, 9.17) is 13.9 Å². The van der Waals surface area contributed by atoms with Gasteiger partial charge in [-0.2, -0.15) is 0 Å². The molecule has 0 atom stereocenters. The molecule has 0 saturated heterocycles. The number of ether oxygens (including phenoxy) is 2. The Balaban J connectivity index is 2.12. The van der Waals surface area contributed by atoms with Gasteiger partial charge in [0, 0.05) is 0 Å². The molecular weight excluding hydrogens is 380 g/mol. The quantitative estimate of drug-likeness (QED) is 0.266. The smallest absolute Gasteiger partial charge is 0.383 e. The second-order valence-corrected chi connectivity index (χ2v) is 7.40. The summed E-state index contributed by atoms with van der Waals surface area (Å²) >= 11 is 0. The van der Waals surface area contributed by atoms with Crippen LogP contribution >= 0.6 is 0 Å². The van der Waals surface area contributed by atoms with Crippen molar-refractivity contribution in [1.29, 1.82) is 0 Å². The van der Waals surface area contributed by atoms with Crippen LogP contribution in [0.3, 0.4) is 0 Å². The molecule has 0 aliphatic rings. The Morgan fingerprint density at radius 1 is 1.10 bits per heavy atom. The van der Waals surface area contributed by atoms with Crippen LogP contribution in [0.25, 0.3) is 11.0 Å². The average molecular weight is 413 g/mol. The largest absolute Gasteiger partial charge is 0.504 e. The highest BCUT2D eigenvalue weighted by Gasteiger charge is 2.17. The van der Waals surface area contributed by atoms with Gasteiger partial charge in [0.15, 0.2) is 17.1 Å². The van der Waals surface area contributed by atoms with Crippen molar-refractivity contribution >= 4 is 11.0 Å². The van der Waals surface area contributed by atoms with Gasteiger partial charge < -0.3 is 19.0 Å². The SMILES string of the molecule is CC/C=C/CCOc1cccc2c(O)c(OC/C=C(\C)CCC=C(C)C)c(=O)oc12. The van der Waals surface area contributed by atoms with Crippen LogP contribution in [0.15, 0.2) is 62.9 Å². The van der Waals surface area contributed by atoms with Gasteiger partial charge in [-0.1, -0.05) is 42.4 Å². The first kappa shape index (κ1) is 23.3. The molecule has 1 heterocycles. The normalized spacial score (nSPS) is 11.8. The molecule has 5 heteroatoms. The molecule has 0 amide bonds. The predicted octanol–water partition coefficient (Wildman–Crippen LogP) is 6.31. The van der Waals surface area contributed by atoms with Crippen LogP contribution in [0.2, 0.25) is 0 Å². The van der Waals surface area contributed by atoms with Crippen LogP contribution in [0.1, 0.15) is 53.4 Å². The standard InChI is InChI=1S/C25H32O5/c1-5-6-7-8-16-28-21-14-10-13-20-22(26)24(25(27)30-23(20)21)29-17-15-19(4)12-9-11-18(2)3/h6-7,10-11,13-15,26H,5,8-9,12,16-17H2,1-4H3/b7-6+,19-15+. The lowest BCUT2D eigenvalue weighted by molar-refractivity contribution is 0.307. The Hall–Kier alpha value is -2.95. The lowest BCUT2D eigenvalue weighted by Gasteiger charge is -2.10. The Kier molecular flexibility index (Phi) is 9.26. The molecule has 0 unspecified atom stereocenters. The van der Waals surface area contributed by atoms with Crippen LogP contribution in [0.5, 0.6) is 17.2 Å². The number of aromatic hydroxyl groups is 1. The monoisotopic (exact) mass is 412 g/mol. The second-order valence-electron chi connectivity index (χ2n) is 7.40. The third kappa shape index (κ3) is 6.83. The van der Waals surface area contributed by atoms with Crippen LogP contribution in [0.4, 0.5) is 0 Å². The average Bonchev–Trinajstić information content (AvgIpc) is 2.70. The Bertz CT molecular complexity index is 975. The Morgan fingerprint density at radius 3 is 2.63 bits per heavy atom. The molecule has 2 aromatic rings. The zero-order valence-electron chi connectivity index (χ0n) is 18.4. The van der Waals surface area contributed by atoms with Gasteiger partial charge in [-0.05, 0) is 64.7 Å². The molecule has 1 aromatic carbocycles. The minimum atomic E-state index is -0.725. The van der Waals surface area contributed by atoms with E-state index in [1.165, 1.54) is 5.57 Å². The first-order valence-corrected chi connectivity index (χ1v) is 10.4. The maximum atomic E-state index is 12.4. The Labute approximate surface area is 178 Å². The summed E-state index contributed by atoms with van der Waals surface area (Å²) < 4.78 is 16.7. The summed E-state index contributed by atoms with van der Waals surface area (Å²) in [6.07, 6.45) is 11.8. The van der Waals surface area contributed by atoms with E-state index in [0.29, 0.717) is 17.7 Å². The van der Waals surface area contributed by atoms with E-state index in [-0.39, 0.29) is 23.7 Å². The molecule has 2 rings (SSSR count). The van der Waals surface area contributed by atoms with Crippen LogP contribution in [0, 0.1) is 0 Å². The summed E-state index contributed by atoms with van der Waals surface area (Å²) in [5.41, 5.74) is 1.95. The third-order valence-corrected chi connectivity index (χ3v) is 4.52. The number of para-hydroxylation sites is 1. The number of fused-ring (bicyclic) bond motifs is 1. The fourth-order valence-corrected chi connectivity index (χ4v) is 2.89. The number of hydrogen-bond donors (Lipinski definition) is 1. The van der Waals surface area contributed by atoms with E-state index < -0.39 is 5.63 Å². The van der Waals surface area contributed by atoms with Crippen molar-refractivity contribution in [2.75, 3.05) is 13.2 Å². The van der Waals surface area contributed by atoms with E-state index in [0.717, 1.165) is 31.3 Å². The predicted molar refractivity (Wildman–Crippen MR) is 122 cm³/mol. The fraction of sp³-hybridized carbons (Fsp3) is 0.400. The van der Waals surface area contributed by atoms with Gasteiger partial charge in [-0.15, -0.1) is 0 Å². The fourth-order valence-electron chi connectivity index (χ4n) is 2.89. The maximum Gasteiger partial charge on any atom is 0.383 e. The van der Waals surface area contributed by atoms with E-state index in [2.05, 4.69) is 32.9 Å². The summed E-state index contributed by atoms with van der Waals surface area (Å²) in [4.78, 5) is 12.4. The number of allylic oxidation sites excluding steroid dienone is 4. The number of hydrogen-bond acceptors (Lipinski definition) is 5. The van der Waals surface area contributed by atoms with Gasteiger partial charge in [0.1, 0.15) is 6.61 Å². The van der Waals surface area contributed by atoms with Crippen LogP contribution in [-0.4, -0.2) is 18.3 Å². The van der Waals surface area contributed by atoms with E-state index in [1.807, 2.05) is 19.1 Å². The van der Waals surface area contributed by atoms with Crippen LogP contribution in [-0.2, 0) is 0 Å². The summed E-state index contributed by atoms with van der Waals surface area (Å²) in [7, 11) is 0. The van der Waals surface area contributed by atoms with Gasteiger partial charge in [0.2, 0.25) is 5.75 Å². The molecule has 0 aliphatic heterocycles. The highest BCUT2D eigenvalue weighted by molar-refractivity contribution is 5.89. The van der Waals surface area contributed by atoms with Crippen molar-refractivity contribution in [1.82, 2.24) is 0 Å². The van der Waals surface area contributed by atoms with Crippen LogP contribution < -0.4 is 15.1 Å². The molecule has 0 aliphatic carbocycles. The van der Waals surface area contributed by atoms with Gasteiger partial charge in [0.05, 0.1) is 12.0 Å². The van der Waals surface area contributed by atoms with Crippen molar-refractivity contribution in [2.24, 2.45) is 0 Å². The molecule has 1 N–H and O–H groups in total. The van der Waals surface area contributed by atoms with E-state index in [9.17, 15) is 9.90 Å². The Morgan fingerprint density at radius 2 is 1.90 bits per heavy atom. The summed E-state index contributed by atoms with van der Waals surface area (Å²) in [5.74, 6) is 0.0124. The van der Waals surface area contributed by atoms with Crippen molar-refractivity contribution in [3.63, 3.8) is 0 Å². The molecule has 162 valence electrons. The van der Waals surface area contributed by atoms with Gasteiger partial charge >= 0.3 is 5.63 Å². The lowest BCUT2D eigenvalue weighted by atomic mass is 10.1. The third-order valence-electron chi connectivity index (χ3n) is 4.52. The summed E-state index contributed by atoms with van der Waals surface area (Å²) in [6, 6.07) is 5.13. The number of benzene rings is 1. The highest BCUT2D eigenvalue weighted by Crippen LogP contribution is 2.35. The van der Waals surface area contributed by atoms with Crippen molar-refractivity contribution in [3.8, 4) is 17.2 Å². The first-order valence-electron chi connectivity index (χ1n) is 10.4. The summed E-state index contributed by atoms with van der Waals surface area (Å²) in [6.45, 7) is 8.87. The van der Waals surface area contributed by atoms with Gasteiger partial charge in [-0.3, -0.25) is 0 Å². The molecule has 0 spiro atoms. The molecule has 5 nitrogen and oxygen atoms in total. The van der Waals surface area contributed by atoms with Crippen molar-refractivity contribution in [2.45, 2.75) is 53.4 Å². The second kappa shape index (κ2) is 11.9. The van der Waals surface area contributed by atoms with E-state index in [1.54, 1.807) is 18.2 Å². The summed E-state index contributed by atoms with van der Waals surface area (Å²) in [5, 5.41) is 11.0. The molecule has 0 radical (unpaired) electrons. The lowest BCUT2D eigenvalue weighted by Crippen LogP contribution is -2.08. The minimum absolute atomic E-state index is 0.182. The van der Waals surface area contributed by atoms with E-state index >= 15 is 0 Å². The zero-order valence-corrected chi connectivity index (χ0v) is 18.4. The molecular formula is C25H32O5. The molecule has 1 aromatic heterocycles. The maximum absolute atomic E-state index is 12.4. The van der Waals surface area contributed by atoms with Gasteiger partial charge in [-0.25, -0.2) is 4.79 Å². The number of rotatable bonds is 11. The zero-order chi connectivity index (χ0) is 21.9. The van der Waals surface area contributed by atoms with Crippen molar-refractivity contribution in [3.05, 3.63) is 64.1 Å².